The highest BCUT2D eigenvalue weighted by atomic mass is 35.5. The van der Waals surface area contributed by atoms with Gasteiger partial charge in [-0.2, -0.15) is 4.98 Å². The van der Waals surface area contributed by atoms with Crippen molar-refractivity contribution in [2.24, 2.45) is 0 Å². The van der Waals surface area contributed by atoms with Crippen LogP contribution in [0.1, 0.15) is 45.6 Å². The molecule has 0 unspecified atom stereocenters. The first-order valence-electron chi connectivity index (χ1n) is 12.2. The smallest absolute Gasteiger partial charge is 0.335 e. The van der Waals surface area contributed by atoms with Crippen LogP contribution < -0.4 is 10.6 Å². The highest BCUT2D eigenvalue weighted by Crippen LogP contribution is 2.37. The van der Waals surface area contributed by atoms with Crippen LogP contribution in [0.4, 0.5) is 11.6 Å². The number of benzene rings is 3. The lowest BCUT2D eigenvalue weighted by atomic mass is 9.94. The normalized spacial score (nSPS) is 14.5. The number of rotatable bonds is 7. The standard InChI is InChI=1S/C29H26ClN5O3S/c1-16-4-13-23(17(2)14-16)32-26(36)24-18(3)31-28-33-29(39-15-19-5-11-22(30)12-6-19)34-35(28)25(24)20-7-9-21(10-8-20)27(37)38/h4-14,25H,15H2,1-3H3,(H,32,36)(H,37,38)(H,31,33,34)/t25-/m0/s1. The number of allylic oxidation sites excluding steroid dienone is 1. The quantitative estimate of drug-likeness (QED) is 0.223. The molecule has 0 bridgehead atoms. The van der Waals surface area contributed by atoms with Crippen LogP contribution in [0.15, 0.2) is 83.2 Å². The highest BCUT2D eigenvalue weighted by Gasteiger charge is 2.34. The molecular formula is C29H26ClN5O3S. The number of thioether (sulfide) groups is 1. The maximum absolute atomic E-state index is 13.7. The average molecular weight is 560 g/mol. The lowest BCUT2D eigenvalue weighted by Crippen LogP contribution is -2.31. The lowest BCUT2D eigenvalue weighted by Gasteiger charge is -2.29. The van der Waals surface area contributed by atoms with Gasteiger partial charge in [0.15, 0.2) is 0 Å². The summed E-state index contributed by atoms with van der Waals surface area (Å²) in [7, 11) is 0. The van der Waals surface area contributed by atoms with Gasteiger partial charge in [0, 0.05) is 22.2 Å². The number of fused-ring (bicyclic) bond motifs is 1. The summed E-state index contributed by atoms with van der Waals surface area (Å²) in [5.41, 5.74) is 5.83. The van der Waals surface area contributed by atoms with Crippen LogP contribution in [0.2, 0.25) is 5.02 Å². The molecule has 2 heterocycles. The molecule has 1 amide bonds. The summed E-state index contributed by atoms with van der Waals surface area (Å²) in [6.45, 7) is 5.78. The van der Waals surface area contributed by atoms with Crippen molar-refractivity contribution in [3.8, 4) is 0 Å². The fourth-order valence-corrected chi connectivity index (χ4v) is 5.39. The number of carboxylic acid groups (broad SMARTS) is 1. The number of carbonyl (C=O) groups excluding carboxylic acids is 1. The van der Waals surface area contributed by atoms with Crippen molar-refractivity contribution in [3.63, 3.8) is 0 Å². The van der Waals surface area contributed by atoms with E-state index in [-0.39, 0.29) is 11.5 Å². The Balaban J connectivity index is 1.50. The first-order chi connectivity index (χ1) is 18.7. The molecule has 5 rings (SSSR count). The SMILES string of the molecule is CC1=C(C(=O)Nc2ccc(C)cc2C)[C@H](c2ccc(C(=O)O)cc2)n2nc(SCc3ccc(Cl)cc3)nc2N1. The van der Waals surface area contributed by atoms with Crippen molar-refractivity contribution in [1.82, 2.24) is 14.8 Å². The molecule has 1 aliphatic heterocycles. The topological polar surface area (TPSA) is 109 Å². The number of nitrogens with zero attached hydrogens (tertiary/aromatic N) is 3. The Bertz CT molecular complexity index is 1600. The predicted octanol–water partition coefficient (Wildman–Crippen LogP) is 6.47. The molecule has 3 aromatic carbocycles. The number of hydrogen-bond acceptors (Lipinski definition) is 6. The first kappa shape index (κ1) is 26.5. The number of anilines is 2. The number of nitrogens with one attached hydrogen (secondary N) is 2. The number of aromatic carboxylic acids is 1. The Morgan fingerprint density at radius 2 is 1.77 bits per heavy atom. The van der Waals surface area contributed by atoms with Gasteiger partial charge in [-0.25, -0.2) is 9.48 Å². The van der Waals surface area contributed by atoms with Gasteiger partial charge in [-0.1, -0.05) is 65.3 Å². The summed E-state index contributed by atoms with van der Waals surface area (Å²) in [5.74, 6) is -0.156. The number of carboxylic acids is 1. The van der Waals surface area contributed by atoms with E-state index < -0.39 is 12.0 Å². The molecule has 39 heavy (non-hydrogen) atoms. The Morgan fingerprint density at radius 1 is 1.05 bits per heavy atom. The molecule has 0 aliphatic carbocycles. The first-order valence-corrected chi connectivity index (χ1v) is 13.6. The summed E-state index contributed by atoms with van der Waals surface area (Å²) in [6, 6.07) is 19.3. The molecule has 0 fully saturated rings. The zero-order chi connectivity index (χ0) is 27.7. The van der Waals surface area contributed by atoms with Crippen LogP contribution in [0.25, 0.3) is 0 Å². The molecule has 4 aromatic rings. The molecule has 1 aromatic heterocycles. The Kier molecular flexibility index (Phi) is 7.45. The largest absolute Gasteiger partial charge is 0.478 e. The number of amides is 1. The number of carbonyl (C=O) groups is 2. The molecule has 3 N–H and O–H groups in total. The van der Waals surface area contributed by atoms with Gasteiger partial charge in [-0.05, 0) is 67.8 Å². The number of aryl methyl sites for hydroxylation is 2. The number of aromatic nitrogens is 3. The second-order valence-corrected chi connectivity index (χ2v) is 10.7. The molecule has 0 radical (unpaired) electrons. The van der Waals surface area contributed by atoms with E-state index in [1.54, 1.807) is 16.8 Å². The van der Waals surface area contributed by atoms with Gasteiger partial charge in [-0.3, -0.25) is 4.79 Å². The van der Waals surface area contributed by atoms with E-state index in [2.05, 4.69) is 15.6 Å². The van der Waals surface area contributed by atoms with Gasteiger partial charge in [0.05, 0.1) is 11.1 Å². The van der Waals surface area contributed by atoms with E-state index in [1.807, 2.05) is 63.2 Å². The van der Waals surface area contributed by atoms with E-state index in [9.17, 15) is 14.7 Å². The minimum absolute atomic E-state index is 0.160. The fourth-order valence-electron chi connectivity index (χ4n) is 4.47. The maximum atomic E-state index is 13.7. The molecule has 0 saturated carbocycles. The van der Waals surface area contributed by atoms with E-state index in [4.69, 9.17) is 16.7 Å². The summed E-state index contributed by atoms with van der Waals surface area (Å²) in [5, 5.41) is 21.6. The van der Waals surface area contributed by atoms with Gasteiger partial charge in [0.25, 0.3) is 5.91 Å². The summed E-state index contributed by atoms with van der Waals surface area (Å²) >= 11 is 7.48. The van der Waals surface area contributed by atoms with Crippen LogP contribution in [0.3, 0.4) is 0 Å². The van der Waals surface area contributed by atoms with Crippen molar-refractivity contribution in [1.29, 1.82) is 0 Å². The molecule has 1 aliphatic rings. The second kappa shape index (κ2) is 11.0. The lowest BCUT2D eigenvalue weighted by molar-refractivity contribution is -0.113. The van der Waals surface area contributed by atoms with E-state index in [0.717, 1.165) is 22.4 Å². The second-order valence-electron chi connectivity index (χ2n) is 9.34. The third-order valence-corrected chi connectivity index (χ3v) is 7.62. The van der Waals surface area contributed by atoms with Crippen LogP contribution in [-0.4, -0.2) is 31.7 Å². The van der Waals surface area contributed by atoms with Crippen LogP contribution in [0, 0.1) is 13.8 Å². The maximum Gasteiger partial charge on any atom is 0.335 e. The van der Waals surface area contributed by atoms with Crippen molar-refractivity contribution in [3.05, 3.63) is 111 Å². The fraction of sp³-hybridized carbons (Fsp3) is 0.172. The third kappa shape index (κ3) is 5.69. The minimum atomic E-state index is -1.02. The molecule has 8 nitrogen and oxygen atoms in total. The van der Waals surface area contributed by atoms with E-state index in [1.165, 1.54) is 23.9 Å². The van der Waals surface area contributed by atoms with Gasteiger partial charge in [-0.15, -0.1) is 5.10 Å². The van der Waals surface area contributed by atoms with Crippen molar-refractivity contribution in [2.75, 3.05) is 10.6 Å². The van der Waals surface area contributed by atoms with Crippen LogP contribution >= 0.6 is 23.4 Å². The zero-order valence-electron chi connectivity index (χ0n) is 21.5. The molecule has 0 saturated heterocycles. The molecule has 10 heteroatoms. The van der Waals surface area contributed by atoms with Gasteiger partial charge >= 0.3 is 5.97 Å². The zero-order valence-corrected chi connectivity index (χ0v) is 23.1. The van der Waals surface area contributed by atoms with Crippen molar-refractivity contribution < 1.29 is 14.7 Å². The number of halogens is 1. The summed E-state index contributed by atoms with van der Waals surface area (Å²) in [4.78, 5) is 29.9. The minimum Gasteiger partial charge on any atom is -0.478 e. The molecule has 198 valence electrons. The molecular weight excluding hydrogens is 534 g/mol. The Morgan fingerprint density at radius 3 is 2.44 bits per heavy atom. The van der Waals surface area contributed by atoms with E-state index in [0.29, 0.717) is 38.7 Å². The van der Waals surface area contributed by atoms with Gasteiger partial charge in [0.2, 0.25) is 11.1 Å². The molecule has 1 atom stereocenters. The van der Waals surface area contributed by atoms with Crippen LogP contribution in [0.5, 0.6) is 0 Å². The highest BCUT2D eigenvalue weighted by molar-refractivity contribution is 7.98. The third-order valence-electron chi connectivity index (χ3n) is 6.46. The number of hydrogen-bond donors (Lipinski definition) is 3. The van der Waals surface area contributed by atoms with Gasteiger partial charge in [0.1, 0.15) is 6.04 Å². The van der Waals surface area contributed by atoms with Crippen molar-refractivity contribution >= 4 is 46.9 Å². The van der Waals surface area contributed by atoms with Crippen molar-refractivity contribution in [2.45, 2.75) is 37.7 Å². The summed E-state index contributed by atoms with van der Waals surface area (Å²) in [6.07, 6.45) is 0. The Hall–Kier alpha value is -4.08. The molecule has 0 spiro atoms. The predicted molar refractivity (Wildman–Crippen MR) is 153 cm³/mol. The van der Waals surface area contributed by atoms with Gasteiger partial charge < -0.3 is 15.7 Å². The monoisotopic (exact) mass is 559 g/mol. The average Bonchev–Trinajstić information content (AvgIpc) is 3.31. The van der Waals surface area contributed by atoms with Crippen LogP contribution in [-0.2, 0) is 10.5 Å². The van der Waals surface area contributed by atoms with E-state index >= 15 is 0 Å². The Labute approximate surface area is 235 Å². The summed E-state index contributed by atoms with van der Waals surface area (Å²) < 4.78 is 1.68.